The molecule has 0 aromatic heterocycles. The molecule has 0 amide bonds. The van der Waals surface area contributed by atoms with Crippen LogP contribution in [0.1, 0.15) is 73.9 Å². The predicted molar refractivity (Wildman–Crippen MR) is 144 cm³/mol. The molecule has 0 aliphatic carbocycles. The first-order valence-electron chi connectivity index (χ1n) is 12.5. The summed E-state index contributed by atoms with van der Waals surface area (Å²) in [5.41, 5.74) is 3.50. The van der Waals surface area contributed by atoms with E-state index in [1.165, 1.54) is 32.1 Å². The van der Waals surface area contributed by atoms with Crippen LogP contribution in [0.2, 0.25) is 0 Å². The largest absolute Gasteiger partial charge is 0.494 e. The van der Waals surface area contributed by atoms with Crippen molar-refractivity contribution in [3.63, 3.8) is 0 Å². The first kappa shape index (κ1) is 26.7. The van der Waals surface area contributed by atoms with Crippen molar-refractivity contribution >= 4 is 23.6 Å². The Bertz CT molecular complexity index is 1140. The van der Waals surface area contributed by atoms with Crippen molar-refractivity contribution in [2.75, 3.05) is 6.61 Å². The van der Waals surface area contributed by atoms with E-state index in [2.05, 4.69) is 17.1 Å². The molecule has 0 radical (unpaired) electrons. The van der Waals surface area contributed by atoms with Crippen LogP contribution in [0.15, 0.2) is 82.9 Å². The Balaban J connectivity index is 1.45. The zero-order valence-corrected chi connectivity index (χ0v) is 21.0. The first-order valence-corrected chi connectivity index (χ1v) is 12.5. The number of oxime groups is 1. The molecule has 6 heteroatoms. The highest BCUT2D eigenvalue weighted by atomic mass is 16.5. The quantitative estimate of drug-likeness (QED) is 0.0674. The fourth-order valence-corrected chi connectivity index (χ4v) is 3.54. The Morgan fingerprint density at radius 3 is 2.08 bits per heavy atom. The van der Waals surface area contributed by atoms with Crippen LogP contribution >= 0.6 is 0 Å². The van der Waals surface area contributed by atoms with Gasteiger partial charge in [0.25, 0.3) is 0 Å². The van der Waals surface area contributed by atoms with Crippen LogP contribution in [0.4, 0.5) is 5.69 Å². The van der Waals surface area contributed by atoms with Gasteiger partial charge in [-0.1, -0.05) is 56.3 Å². The van der Waals surface area contributed by atoms with E-state index in [4.69, 9.17) is 14.7 Å². The van der Waals surface area contributed by atoms with E-state index < -0.39 is 5.97 Å². The maximum Gasteiger partial charge on any atom is 0.343 e. The molecule has 0 unspecified atom stereocenters. The van der Waals surface area contributed by atoms with Crippen LogP contribution in [-0.4, -0.2) is 29.7 Å². The lowest BCUT2D eigenvalue weighted by molar-refractivity contribution is 0.0734. The van der Waals surface area contributed by atoms with Gasteiger partial charge in [0.05, 0.1) is 23.6 Å². The molecule has 0 aliphatic rings. The van der Waals surface area contributed by atoms with Gasteiger partial charge >= 0.3 is 5.97 Å². The number of nitrogens with zero attached hydrogens (tertiary/aromatic N) is 2. The normalized spacial score (nSPS) is 11.6. The predicted octanol–water partition coefficient (Wildman–Crippen LogP) is 7.59. The van der Waals surface area contributed by atoms with E-state index in [1.807, 2.05) is 36.4 Å². The summed E-state index contributed by atoms with van der Waals surface area (Å²) in [6, 6.07) is 21.6. The molecule has 3 aromatic rings. The second-order valence-corrected chi connectivity index (χ2v) is 8.59. The SMILES string of the molecule is CCCCCCCCOc1ccc(C(=O)Oc2ccc(C=Nc3ccc(/C(C)=N\O)cc3)cc2)cc1. The fourth-order valence-electron chi connectivity index (χ4n) is 3.54. The number of esters is 1. The van der Waals surface area contributed by atoms with E-state index in [1.54, 1.807) is 49.5 Å². The van der Waals surface area contributed by atoms with Crippen LogP contribution in [0.5, 0.6) is 11.5 Å². The standard InChI is InChI=1S/C30H34N2O4/c1-3-4-5-6-7-8-21-35-28-19-13-26(14-20-28)30(33)36-29-17-9-24(10-18-29)22-31-27-15-11-25(12-16-27)23(2)32-34/h9-20,22,34H,3-8,21H2,1-2H3/b31-22?,32-23-. The molecule has 0 saturated carbocycles. The minimum absolute atomic E-state index is 0.416. The second-order valence-electron chi connectivity index (χ2n) is 8.59. The lowest BCUT2D eigenvalue weighted by Crippen LogP contribution is -2.08. The van der Waals surface area contributed by atoms with Gasteiger partial charge in [-0.25, -0.2) is 4.79 Å². The van der Waals surface area contributed by atoms with Gasteiger partial charge in [-0.15, -0.1) is 0 Å². The van der Waals surface area contributed by atoms with Crippen molar-refractivity contribution in [1.82, 2.24) is 0 Å². The smallest absolute Gasteiger partial charge is 0.343 e. The Morgan fingerprint density at radius 1 is 0.806 bits per heavy atom. The van der Waals surface area contributed by atoms with Gasteiger partial charge < -0.3 is 14.7 Å². The average molecular weight is 487 g/mol. The molecule has 0 spiro atoms. The summed E-state index contributed by atoms with van der Waals surface area (Å²) in [4.78, 5) is 16.9. The molecule has 3 rings (SSSR count). The van der Waals surface area contributed by atoms with Gasteiger partial charge in [0, 0.05) is 6.21 Å². The molecule has 0 aliphatic heterocycles. The minimum Gasteiger partial charge on any atom is -0.494 e. The highest BCUT2D eigenvalue weighted by molar-refractivity contribution is 5.98. The average Bonchev–Trinajstić information content (AvgIpc) is 2.92. The number of ether oxygens (including phenoxy) is 2. The molecule has 6 nitrogen and oxygen atoms in total. The molecule has 0 heterocycles. The van der Waals surface area contributed by atoms with E-state index in [0.29, 0.717) is 23.6 Å². The molecular weight excluding hydrogens is 452 g/mol. The lowest BCUT2D eigenvalue weighted by Gasteiger charge is -2.08. The summed E-state index contributed by atoms with van der Waals surface area (Å²) < 4.78 is 11.3. The monoisotopic (exact) mass is 486 g/mol. The van der Waals surface area contributed by atoms with Crippen molar-refractivity contribution in [3.8, 4) is 11.5 Å². The molecule has 3 aromatic carbocycles. The van der Waals surface area contributed by atoms with E-state index in [0.717, 1.165) is 29.0 Å². The molecule has 36 heavy (non-hydrogen) atoms. The summed E-state index contributed by atoms with van der Waals surface area (Å²) in [6.07, 6.45) is 9.06. The van der Waals surface area contributed by atoms with Crippen LogP contribution in [-0.2, 0) is 0 Å². The number of benzene rings is 3. The number of carbonyl (C=O) groups excluding carboxylic acids is 1. The molecule has 0 atom stereocenters. The van der Waals surface area contributed by atoms with Crippen LogP contribution in [0.25, 0.3) is 0 Å². The van der Waals surface area contributed by atoms with Gasteiger partial charge in [0.1, 0.15) is 11.5 Å². The Hall–Kier alpha value is -3.93. The fraction of sp³-hybridized carbons (Fsp3) is 0.300. The number of unbranched alkanes of at least 4 members (excludes halogenated alkanes) is 5. The molecule has 0 saturated heterocycles. The van der Waals surface area contributed by atoms with Crippen molar-refractivity contribution in [3.05, 3.63) is 89.5 Å². The number of hydrogen-bond acceptors (Lipinski definition) is 6. The Labute approximate surface area is 213 Å². The maximum atomic E-state index is 12.5. The molecule has 0 bridgehead atoms. The van der Waals surface area contributed by atoms with Crippen LogP contribution < -0.4 is 9.47 Å². The van der Waals surface area contributed by atoms with E-state index in [9.17, 15) is 4.79 Å². The van der Waals surface area contributed by atoms with Gasteiger partial charge in [-0.2, -0.15) is 0 Å². The third kappa shape index (κ3) is 8.69. The highest BCUT2D eigenvalue weighted by Gasteiger charge is 2.09. The minimum atomic E-state index is -0.416. The van der Waals surface area contributed by atoms with Crippen molar-refractivity contribution in [2.45, 2.75) is 52.4 Å². The summed E-state index contributed by atoms with van der Waals surface area (Å²) in [5, 5.41) is 12.0. The summed E-state index contributed by atoms with van der Waals surface area (Å²) in [6.45, 7) is 4.64. The van der Waals surface area contributed by atoms with Crippen LogP contribution in [0, 0.1) is 0 Å². The topological polar surface area (TPSA) is 80.5 Å². The molecule has 0 fully saturated rings. The maximum absolute atomic E-state index is 12.5. The van der Waals surface area contributed by atoms with Gasteiger partial charge in [0.2, 0.25) is 0 Å². The zero-order chi connectivity index (χ0) is 25.6. The van der Waals surface area contributed by atoms with Crippen molar-refractivity contribution in [2.24, 2.45) is 10.1 Å². The van der Waals surface area contributed by atoms with Crippen molar-refractivity contribution < 1.29 is 19.5 Å². The zero-order valence-electron chi connectivity index (χ0n) is 21.0. The summed E-state index contributed by atoms with van der Waals surface area (Å²) >= 11 is 0. The number of hydrogen-bond donors (Lipinski definition) is 1. The second kappa shape index (κ2) is 14.5. The summed E-state index contributed by atoms with van der Waals surface area (Å²) in [7, 11) is 0. The Kier molecular flexibility index (Phi) is 10.7. The Morgan fingerprint density at radius 2 is 1.42 bits per heavy atom. The molecule has 188 valence electrons. The van der Waals surface area contributed by atoms with Crippen LogP contribution in [0.3, 0.4) is 0 Å². The van der Waals surface area contributed by atoms with Gasteiger partial charge in [-0.05, 0) is 85.1 Å². The number of rotatable bonds is 13. The third-order valence-corrected chi connectivity index (χ3v) is 5.75. The third-order valence-electron chi connectivity index (χ3n) is 5.75. The lowest BCUT2D eigenvalue weighted by atomic mass is 10.1. The van der Waals surface area contributed by atoms with Gasteiger partial charge in [-0.3, -0.25) is 4.99 Å². The first-order chi connectivity index (χ1) is 17.6. The highest BCUT2D eigenvalue weighted by Crippen LogP contribution is 2.18. The summed E-state index contributed by atoms with van der Waals surface area (Å²) in [5.74, 6) is 0.805. The number of aliphatic imine (C=N–C) groups is 1. The van der Waals surface area contributed by atoms with E-state index >= 15 is 0 Å². The molecular formula is C30H34N2O4. The van der Waals surface area contributed by atoms with E-state index in [-0.39, 0.29) is 0 Å². The van der Waals surface area contributed by atoms with Crippen molar-refractivity contribution in [1.29, 1.82) is 0 Å². The van der Waals surface area contributed by atoms with Gasteiger partial charge in [0.15, 0.2) is 0 Å². The molecule has 1 N–H and O–H groups in total. The number of carbonyl (C=O) groups is 1.